The lowest BCUT2D eigenvalue weighted by Gasteiger charge is -2.12. The second-order valence-corrected chi connectivity index (χ2v) is 6.20. The lowest BCUT2D eigenvalue weighted by molar-refractivity contribution is -0.341. The SMILES string of the molecule is CN(C)c1cc[nH+]c2sc3c(NC[C@@H](O)CO)ncnc3c12. The minimum Gasteiger partial charge on any atom is -0.394 e. The van der Waals surface area contributed by atoms with Gasteiger partial charge in [-0.1, -0.05) is 11.3 Å². The van der Waals surface area contributed by atoms with Gasteiger partial charge in [0, 0.05) is 26.7 Å². The van der Waals surface area contributed by atoms with Crippen LogP contribution in [0.3, 0.4) is 0 Å². The zero-order valence-corrected chi connectivity index (χ0v) is 13.2. The molecule has 7 nitrogen and oxygen atoms in total. The number of thiophene rings is 1. The average Bonchev–Trinajstić information content (AvgIpc) is 2.91. The Morgan fingerprint density at radius 2 is 2.23 bits per heavy atom. The predicted molar refractivity (Wildman–Crippen MR) is 87.4 cm³/mol. The van der Waals surface area contributed by atoms with Crippen LogP contribution in [-0.2, 0) is 0 Å². The van der Waals surface area contributed by atoms with Gasteiger partial charge in [0.1, 0.15) is 27.7 Å². The Kier molecular flexibility index (Phi) is 4.06. The van der Waals surface area contributed by atoms with Crippen LogP contribution in [0.4, 0.5) is 11.5 Å². The molecule has 4 N–H and O–H groups in total. The Labute approximate surface area is 131 Å². The first-order valence-electron chi connectivity index (χ1n) is 6.90. The first kappa shape index (κ1) is 14.9. The van der Waals surface area contributed by atoms with Crippen molar-refractivity contribution in [3.63, 3.8) is 0 Å². The maximum absolute atomic E-state index is 9.48. The van der Waals surface area contributed by atoms with E-state index in [1.54, 1.807) is 11.3 Å². The van der Waals surface area contributed by atoms with Crippen LogP contribution in [0.15, 0.2) is 18.6 Å². The molecule has 1 atom stereocenters. The van der Waals surface area contributed by atoms with Crippen molar-refractivity contribution < 1.29 is 15.2 Å². The van der Waals surface area contributed by atoms with Gasteiger partial charge in [-0.3, -0.25) is 0 Å². The Balaban J connectivity index is 2.13. The number of pyridine rings is 1. The number of hydrogen-bond acceptors (Lipinski definition) is 7. The zero-order chi connectivity index (χ0) is 15.7. The largest absolute Gasteiger partial charge is 0.394 e. The molecule has 3 aromatic rings. The maximum Gasteiger partial charge on any atom is 0.272 e. The molecular weight excluding hydrogens is 302 g/mol. The van der Waals surface area contributed by atoms with Crippen molar-refractivity contribution in [2.75, 3.05) is 37.5 Å². The lowest BCUT2D eigenvalue weighted by atomic mass is 10.2. The van der Waals surface area contributed by atoms with Crippen LogP contribution < -0.4 is 15.2 Å². The minimum absolute atomic E-state index is 0.237. The van der Waals surface area contributed by atoms with Crippen molar-refractivity contribution in [2.24, 2.45) is 0 Å². The van der Waals surface area contributed by atoms with Crippen LogP contribution in [0.5, 0.6) is 0 Å². The summed E-state index contributed by atoms with van der Waals surface area (Å²) in [5.74, 6) is 0.664. The van der Waals surface area contributed by atoms with Crippen LogP contribution in [0.1, 0.15) is 0 Å². The number of hydrogen-bond donors (Lipinski definition) is 3. The Bertz CT molecular complexity index is 804. The fraction of sp³-hybridized carbons (Fsp3) is 0.357. The summed E-state index contributed by atoms with van der Waals surface area (Å²) in [5, 5.41) is 22.5. The Morgan fingerprint density at radius 3 is 2.95 bits per heavy atom. The molecule has 0 spiro atoms. The average molecular weight is 320 g/mol. The van der Waals surface area contributed by atoms with Crippen LogP contribution >= 0.6 is 11.3 Å². The molecule has 3 aromatic heterocycles. The number of aliphatic hydroxyl groups excluding tert-OH is 2. The molecule has 0 aliphatic heterocycles. The molecule has 0 aliphatic rings. The molecule has 0 unspecified atom stereocenters. The van der Waals surface area contributed by atoms with Crippen LogP contribution in [-0.4, -0.2) is 53.5 Å². The summed E-state index contributed by atoms with van der Waals surface area (Å²) in [6, 6.07) is 2.01. The predicted octanol–water partition coefficient (Wildman–Crippen LogP) is 0.490. The highest BCUT2D eigenvalue weighted by atomic mass is 32.1. The van der Waals surface area contributed by atoms with Crippen LogP contribution in [0.25, 0.3) is 20.4 Å². The van der Waals surface area contributed by atoms with Gasteiger partial charge in [0.25, 0.3) is 4.83 Å². The molecule has 0 bridgehead atoms. The summed E-state index contributed by atoms with van der Waals surface area (Å²) in [6.07, 6.45) is 2.60. The zero-order valence-electron chi connectivity index (χ0n) is 12.4. The number of nitrogens with zero attached hydrogens (tertiary/aromatic N) is 3. The van der Waals surface area contributed by atoms with Gasteiger partial charge in [0.2, 0.25) is 0 Å². The molecule has 116 valence electrons. The van der Waals surface area contributed by atoms with E-state index in [9.17, 15) is 5.11 Å². The number of anilines is 2. The van der Waals surface area contributed by atoms with Crippen molar-refractivity contribution >= 4 is 43.3 Å². The number of nitrogens with one attached hydrogen (secondary N) is 2. The molecular formula is C14H18N5O2S+. The van der Waals surface area contributed by atoms with Gasteiger partial charge in [0.05, 0.1) is 18.4 Å². The highest BCUT2D eigenvalue weighted by molar-refractivity contribution is 7.25. The molecule has 0 fully saturated rings. The number of H-pyrrole nitrogens is 1. The Morgan fingerprint density at radius 1 is 1.41 bits per heavy atom. The van der Waals surface area contributed by atoms with Crippen molar-refractivity contribution in [1.29, 1.82) is 0 Å². The highest BCUT2D eigenvalue weighted by Crippen LogP contribution is 2.37. The van der Waals surface area contributed by atoms with Crippen LogP contribution in [0.2, 0.25) is 0 Å². The molecule has 0 saturated carbocycles. The second-order valence-electron chi connectivity index (χ2n) is 5.18. The topological polar surface area (TPSA) is 95.7 Å². The molecule has 3 heterocycles. The second kappa shape index (κ2) is 5.99. The lowest BCUT2D eigenvalue weighted by Crippen LogP contribution is -2.23. The summed E-state index contributed by atoms with van der Waals surface area (Å²) in [4.78, 5) is 15.0. The van der Waals surface area contributed by atoms with Gasteiger partial charge in [-0.05, 0) is 0 Å². The van der Waals surface area contributed by atoms with E-state index in [1.807, 2.05) is 31.3 Å². The maximum atomic E-state index is 9.48. The molecule has 0 radical (unpaired) electrons. The first-order chi connectivity index (χ1) is 10.6. The first-order valence-corrected chi connectivity index (χ1v) is 7.71. The molecule has 3 rings (SSSR count). The number of aliphatic hydroxyl groups is 2. The van der Waals surface area contributed by atoms with Crippen molar-refractivity contribution in [2.45, 2.75) is 6.10 Å². The number of aromatic nitrogens is 3. The summed E-state index contributed by atoms with van der Waals surface area (Å²) in [6.45, 7) is -0.0483. The van der Waals surface area contributed by atoms with Gasteiger partial charge < -0.3 is 20.4 Å². The third-order valence-corrected chi connectivity index (χ3v) is 4.50. The standard InChI is InChI=1S/C14H17N5O2S/c1-19(2)9-3-4-15-14-10(9)11-12(22-14)13(18-7-17-11)16-5-8(21)6-20/h3-4,7-8,20-21H,5-6H2,1-2H3,(H,16,17,18)/p+1/t8-/m1/s1. The smallest absolute Gasteiger partial charge is 0.272 e. The van der Waals surface area contributed by atoms with Crippen molar-refractivity contribution in [3.8, 4) is 0 Å². The molecule has 22 heavy (non-hydrogen) atoms. The normalized spacial score (nSPS) is 12.7. The Hall–Kier alpha value is -2.03. The summed E-state index contributed by atoms with van der Waals surface area (Å²) in [5.41, 5.74) is 1.96. The minimum atomic E-state index is -0.816. The highest BCUT2D eigenvalue weighted by Gasteiger charge is 2.19. The van der Waals surface area contributed by atoms with Gasteiger partial charge >= 0.3 is 0 Å². The molecule has 0 amide bonds. The van der Waals surface area contributed by atoms with E-state index >= 15 is 0 Å². The van der Waals surface area contributed by atoms with E-state index in [4.69, 9.17) is 5.11 Å². The van der Waals surface area contributed by atoms with Gasteiger partial charge in [-0.15, -0.1) is 0 Å². The van der Waals surface area contributed by atoms with Crippen LogP contribution in [0, 0.1) is 0 Å². The number of aromatic amines is 1. The number of rotatable bonds is 5. The van der Waals surface area contributed by atoms with E-state index in [1.165, 1.54) is 6.33 Å². The summed E-state index contributed by atoms with van der Waals surface area (Å²) >= 11 is 1.57. The summed E-state index contributed by atoms with van der Waals surface area (Å²) in [7, 11) is 3.99. The van der Waals surface area contributed by atoms with E-state index in [0.29, 0.717) is 5.82 Å². The summed E-state index contributed by atoms with van der Waals surface area (Å²) < 4.78 is 0.924. The third kappa shape index (κ3) is 2.56. The van der Waals surface area contributed by atoms with Crippen molar-refractivity contribution in [1.82, 2.24) is 9.97 Å². The van der Waals surface area contributed by atoms with Crippen molar-refractivity contribution in [3.05, 3.63) is 18.6 Å². The van der Waals surface area contributed by atoms with E-state index in [0.717, 1.165) is 26.1 Å². The fourth-order valence-electron chi connectivity index (χ4n) is 2.31. The molecule has 0 saturated heterocycles. The van der Waals surface area contributed by atoms with Gasteiger partial charge in [0.15, 0.2) is 6.20 Å². The third-order valence-electron chi connectivity index (χ3n) is 3.38. The number of fused-ring (bicyclic) bond motifs is 3. The van der Waals surface area contributed by atoms with E-state index in [2.05, 4.69) is 20.3 Å². The molecule has 0 aromatic carbocycles. The quantitative estimate of drug-likeness (QED) is 0.633. The monoisotopic (exact) mass is 320 g/mol. The molecule has 0 aliphatic carbocycles. The van der Waals surface area contributed by atoms with E-state index < -0.39 is 6.10 Å². The van der Waals surface area contributed by atoms with Gasteiger partial charge in [-0.25, -0.2) is 15.0 Å². The van der Waals surface area contributed by atoms with Gasteiger partial charge in [-0.2, -0.15) is 0 Å². The fourth-order valence-corrected chi connectivity index (χ4v) is 3.41. The van der Waals surface area contributed by atoms with E-state index in [-0.39, 0.29) is 13.2 Å². The molecule has 8 heteroatoms.